The maximum absolute atomic E-state index is 12.3. The van der Waals surface area contributed by atoms with Crippen LogP contribution in [-0.2, 0) is 20.4 Å². The molecule has 2 rings (SSSR count). The quantitative estimate of drug-likeness (QED) is 0.755. The van der Waals surface area contributed by atoms with E-state index in [2.05, 4.69) is 10.3 Å². The van der Waals surface area contributed by atoms with Crippen LogP contribution in [0.2, 0.25) is 0 Å². The normalized spacial score (nSPS) is 12.6. The second-order valence-corrected chi connectivity index (χ2v) is 8.22. The average Bonchev–Trinajstić information content (AvgIpc) is 2.94. The van der Waals surface area contributed by atoms with Crippen LogP contribution in [-0.4, -0.2) is 38.2 Å². The van der Waals surface area contributed by atoms with Crippen molar-refractivity contribution in [2.75, 3.05) is 12.9 Å². The molecular weight excluding hydrogens is 356 g/mol. The molecule has 1 N–H and O–H groups in total. The van der Waals surface area contributed by atoms with Gasteiger partial charge in [0.1, 0.15) is 17.3 Å². The summed E-state index contributed by atoms with van der Waals surface area (Å²) < 4.78 is 35.3. The lowest BCUT2D eigenvalue weighted by Gasteiger charge is -2.11. The molecule has 0 radical (unpaired) electrons. The van der Waals surface area contributed by atoms with Gasteiger partial charge in [0.25, 0.3) is 0 Å². The van der Waals surface area contributed by atoms with Crippen LogP contribution < -0.4 is 10.1 Å². The van der Waals surface area contributed by atoms with E-state index in [1.165, 1.54) is 0 Å². The second kappa shape index (κ2) is 8.35. The Labute approximate surface area is 153 Å². The van der Waals surface area contributed by atoms with E-state index < -0.39 is 21.5 Å². The van der Waals surface area contributed by atoms with Crippen molar-refractivity contribution in [2.24, 2.45) is 0 Å². The van der Waals surface area contributed by atoms with Crippen LogP contribution in [0.4, 0.5) is 0 Å². The molecule has 0 saturated heterocycles. The molecule has 1 atom stereocenters. The fourth-order valence-electron chi connectivity index (χ4n) is 2.30. The number of carbonyl (C=O) groups is 1. The predicted octanol–water partition coefficient (Wildman–Crippen LogP) is 2.49. The first-order chi connectivity index (χ1) is 12.2. The van der Waals surface area contributed by atoms with Gasteiger partial charge < -0.3 is 14.5 Å². The number of hydrogen-bond acceptors (Lipinski definition) is 6. The second-order valence-electron chi connectivity index (χ2n) is 6.16. The lowest BCUT2D eigenvalue weighted by molar-refractivity contribution is -0.119. The Kier molecular flexibility index (Phi) is 6.42. The molecule has 1 amide bonds. The van der Waals surface area contributed by atoms with Crippen LogP contribution in [0.3, 0.4) is 0 Å². The molecule has 1 heterocycles. The van der Waals surface area contributed by atoms with Gasteiger partial charge in [-0.1, -0.05) is 6.92 Å². The third-order valence-corrected chi connectivity index (χ3v) is 5.37. The smallest absolute Gasteiger partial charge is 0.235 e. The molecule has 7 nitrogen and oxygen atoms in total. The fraction of sp³-hybridized carbons (Fsp3) is 0.444. The first kappa shape index (κ1) is 20.0. The molecule has 2 aromatic rings. The van der Waals surface area contributed by atoms with Crippen LogP contribution in [0.5, 0.6) is 5.75 Å². The summed E-state index contributed by atoms with van der Waals surface area (Å²) in [5, 5.41) is 2.65. The Morgan fingerprint density at radius 2 is 1.96 bits per heavy atom. The van der Waals surface area contributed by atoms with E-state index in [9.17, 15) is 13.2 Å². The number of nitrogens with zero attached hydrogens (tertiary/aromatic N) is 1. The van der Waals surface area contributed by atoms with Crippen LogP contribution in [0.1, 0.15) is 31.7 Å². The number of nitrogens with one attached hydrogen (secondary N) is 1. The zero-order valence-electron chi connectivity index (χ0n) is 15.4. The van der Waals surface area contributed by atoms with Gasteiger partial charge in [0.15, 0.2) is 9.84 Å². The maximum atomic E-state index is 12.3. The Morgan fingerprint density at radius 1 is 1.31 bits per heavy atom. The third kappa shape index (κ3) is 5.32. The van der Waals surface area contributed by atoms with E-state index in [4.69, 9.17) is 9.15 Å². The van der Waals surface area contributed by atoms with Gasteiger partial charge in [-0.2, -0.15) is 0 Å². The Morgan fingerprint density at radius 3 is 2.54 bits per heavy atom. The SMILES string of the molecule is CCC(C)NC(=O)CS(=O)(=O)Cc1nc(-c2ccc(OC)cc2)oc1C. The summed E-state index contributed by atoms with van der Waals surface area (Å²) in [6, 6.07) is 7.03. The summed E-state index contributed by atoms with van der Waals surface area (Å²) in [5.74, 6) is 0.0395. The highest BCUT2D eigenvalue weighted by atomic mass is 32.2. The lowest BCUT2D eigenvalue weighted by Crippen LogP contribution is -2.36. The first-order valence-corrected chi connectivity index (χ1v) is 10.2. The summed E-state index contributed by atoms with van der Waals surface area (Å²) in [7, 11) is -2.07. The number of aromatic nitrogens is 1. The van der Waals surface area contributed by atoms with E-state index in [1.807, 2.05) is 13.8 Å². The van der Waals surface area contributed by atoms with Gasteiger partial charge in [-0.25, -0.2) is 13.4 Å². The molecule has 1 unspecified atom stereocenters. The van der Waals surface area contributed by atoms with Gasteiger partial charge in [0.05, 0.1) is 18.6 Å². The van der Waals surface area contributed by atoms with E-state index in [0.29, 0.717) is 28.7 Å². The van der Waals surface area contributed by atoms with Gasteiger partial charge in [-0.05, 0) is 44.5 Å². The van der Waals surface area contributed by atoms with Crippen molar-refractivity contribution >= 4 is 15.7 Å². The monoisotopic (exact) mass is 380 g/mol. The number of carbonyl (C=O) groups excluding carboxylic acids is 1. The van der Waals surface area contributed by atoms with Gasteiger partial charge in [-0.15, -0.1) is 0 Å². The van der Waals surface area contributed by atoms with Gasteiger partial charge in [-0.3, -0.25) is 4.79 Å². The van der Waals surface area contributed by atoms with Crippen molar-refractivity contribution in [1.29, 1.82) is 0 Å². The van der Waals surface area contributed by atoms with Crippen molar-refractivity contribution in [3.05, 3.63) is 35.7 Å². The third-order valence-electron chi connectivity index (χ3n) is 3.96. The topological polar surface area (TPSA) is 98.5 Å². The van der Waals surface area contributed by atoms with Crippen LogP contribution in [0.15, 0.2) is 28.7 Å². The number of sulfone groups is 1. The minimum atomic E-state index is -3.64. The van der Waals surface area contributed by atoms with E-state index in [0.717, 1.165) is 6.42 Å². The van der Waals surface area contributed by atoms with Crippen LogP contribution >= 0.6 is 0 Å². The lowest BCUT2D eigenvalue weighted by atomic mass is 10.2. The summed E-state index contributed by atoms with van der Waals surface area (Å²) in [4.78, 5) is 16.1. The molecule has 0 aliphatic carbocycles. The first-order valence-electron chi connectivity index (χ1n) is 8.34. The molecule has 0 aliphatic rings. The number of aryl methyl sites for hydroxylation is 1. The zero-order chi connectivity index (χ0) is 19.3. The molecule has 0 saturated carbocycles. The number of oxazole rings is 1. The summed E-state index contributed by atoms with van der Waals surface area (Å²) in [6.07, 6.45) is 0.736. The van der Waals surface area contributed by atoms with Crippen LogP contribution in [0.25, 0.3) is 11.5 Å². The molecule has 0 fully saturated rings. The fourth-order valence-corrected chi connectivity index (χ4v) is 3.57. The van der Waals surface area contributed by atoms with Crippen molar-refractivity contribution < 1.29 is 22.4 Å². The molecule has 1 aromatic heterocycles. The zero-order valence-corrected chi connectivity index (χ0v) is 16.2. The molecule has 26 heavy (non-hydrogen) atoms. The Balaban J connectivity index is 2.11. The van der Waals surface area contributed by atoms with Crippen molar-refractivity contribution in [2.45, 2.75) is 39.0 Å². The Bertz CT molecular complexity index is 856. The standard InChI is InChI=1S/C18H24N2O5S/c1-5-12(2)19-17(21)11-26(22,23)10-16-13(3)25-18(20-16)14-6-8-15(24-4)9-7-14/h6-9,12H,5,10-11H2,1-4H3,(H,19,21). The summed E-state index contributed by atoms with van der Waals surface area (Å²) in [5.41, 5.74) is 1.03. The van der Waals surface area contributed by atoms with Crippen molar-refractivity contribution in [3.8, 4) is 17.2 Å². The molecule has 0 spiro atoms. The summed E-state index contributed by atoms with van der Waals surface area (Å²) >= 11 is 0. The van der Waals surface area contributed by atoms with Crippen molar-refractivity contribution in [1.82, 2.24) is 10.3 Å². The summed E-state index contributed by atoms with van der Waals surface area (Å²) in [6.45, 7) is 5.40. The number of methoxy groups -OCH3 is 1. The number of benzene rings is 1. The highest BCUT2D eigenvalue weighted by Crippen LogP contribution is 2.25. The van der Waals surface area contributed by atoms with E-state index in [-0.39, 0.29) is 11.8 Å². The van der Waals surface area contributed by atoms with Gasteiger partial charge >= 0.3 is 0 Å². The molecular formula is C18H24N2O5S. The number of ether oxygens (including phenoxy) is 1. The molecule has 8 heteroatoms. The largest absolute Gasteiger partial charge is 0.497 e. The minimum Gasteiger partial charge on any atom is -0.497 e. The average molecular weight is 380 g/mol. The number of amides is 1. The van der Waals surface area contributed by atoms with Crippen molar-refractivity contribution in [3.63, 3.8) is 0 Å². The highest BCUT2D eigenvalue weighted by molar-refractivity contribution is 7.91. The minimum absolute atomic E-state index is 0.0619. The number of rotatable bonds is 8. The molecule has 0 bridgehead atoms. The van der Waals surface area contributed by atoms with Gasteiger partial charge in [0.2, 0.25) is 11.8 Å². The maximum Gasteiger partial charge on any atom is 0.235 e. The predicted molar refractivity (Wildman–Crippen MR) is 98.6 cm³/mol. The van der Waals surface area contributed by atoms with E-state index in [1.54, 1.807) is 38.3 Å². The molecule has 1 aromatic carbocycles. The highest BCUT2D eigenvalue weighted by Gasteiger charge is 2.22. The van der Waals surface area contributed by atoms with Gasteiger partial charge in [0, 0.05) is 11.6 Å². The van der Waals surface area contributed by atoms with E-state index >= 15 is 0 Å². The number of hydrogen-bond donors (Lipinski definition) is 1. The Hall–Kier alpha value is -2.35. The molecule has 0 aliphatic heterocycles. The molecule has 142 valence electrons. The van der Waals surface area contributed by atoms with Crippen LogP contribution in [0, 0.1) is 6.92 Å².